The highest BCUT2D eigenvalue weighted by atomic mass is 16.5. The van der Waals surface area contributed by atoms with Crippen LogP contribution in [0, 0.1) is 6.92 Å². The van der Waals surface area contributed by atoms with E-state index in [1.54, 1.807) is 4.57 Å². The quantitative estimate of drug-likeness (QED) is 0.555. The number of aryl methyl sites for hydroxylation is 2. The minimum Gasteiger partial charge on any atom is -0.480 e. The topological polar surface area (TPSA) is 120 Å². The number of anilines is 1. The van der Waals surface area contributed by atoms with E-state index in [-0.39, 0.29) is 29.2 Å². The summed E-state index contributed by atoms with van der Waals surface area (Å²) in [5.41, 5.74) is 2.64. The fraction of sp³-hybridized carbons (Fsp3) is 0.480. The van der Waals surface area contributed by atoms with Crippen LogP contribution < -0.4 is 20.9 Å². The molecule has 0 aromatic carbocycles. The predicted octanol–water partition coefficient (Wildman–Crippen LogP) is 2.09. The molecule has 10 nitrogen and oxygen atoms in total. The lowest BCUT2D eigenvalue weighted by Gasteiger charge is -2.53. The van der Waals surface area contributed by atoms with Crippen molar-refractivity contribution >= 4 is 22.9 Å². The monoisotopic (exact) mass is 476 g/mol. The van der Waals surface area contributed by atoms with Gasteiger partial charge in [0.15, 0.2) is 23.8 Å². The van der Waals surface area contributed by atoms with Gasteiger partial charge in [0.1, 0.15) is 5.52 Å². The molecule has 6 heterocycles. The van der Waals surface area contributed by atoms with Gasteiger partial charge in [-0.1, -0.05) is 0 Å². The number of nitrogens with one attached hydrogen (secondary N) is 2. The molecule has 2 N–H and O–H groups in total. The third-order valence-electron chi connectivity index (χ3n) is 7.57. The Morgan fingerprint density at radius 1 is 1.11 bits per heavy atom. The van der Waals surface area contributed by atoms with Crippen LogP contribution in [0.15, 0.2) is 35.3 Å². The van der Waals surface area contributed by atoms with Crippen LogP contribution in [0.4, 0.5) is 5.82 Å². The molecule has 3 aliphatic heterocycles. The maximum atomic E-state index is 12.6. The van der Waals surface area contributed by atoms with Crippen LogP contribution in [0.25, 0.3) is 11.2 Å². The van der Waals surface area contributed by atoms with Gasteiger partial charge < -0.3 is 20.1 Å². The fourth-order valence-corrected chi connectivity index (χ4v) is 5.36. The van der Waals surface area contributed by atoms with Crippen molar-refractivity contribution < 1.29 is 14.3 Å². The van der Waals surface area contributed by atoms with Crippen LogP contribution in [0.1, 0.15) is 43.5 Å². The molecular weight excluding hydrogens is 448 g/mol. The number of fused-ring (bicyclic) bond motifs is 5. The van der Waals surface area contributed by atoms with Gasteiger partial charge in [-0.2, -0.15) is 0 Å². The number of carbonyl (C=O) groups excluding carboxylic acids is 1. The van der Waals surface area contributed by atoms with Gasteiger partial charge in [-0.15, -0.1) is 0 Å². The Hall–Kier alpha value is -3.37. The maximum Gasteiger partial charge on any atom is 0.270 e. The van der Waals surface area contributed by atoms with Crippen molar-refractivity contribution in [1.29, 1.82) is 0 Å². The van der Waals surface area contributed by atoms with Crippen molar-refractivity contribution in [2.45, 2.75) is 63.3 Å². The summed E-state index contributed by atoms with van der Waals surface area (Å²) in [7, 11) is 0. The number of aromatic nitrogens is 4. The molecule has 0 atom stereocenters. The lowest BCUT2D eigenvalue weighted by Crippen LogP contribution is -2.61. The van der Waals surface area contributed by atoms with Crippen LogP contribution >= 0.6 is 0 Å². The van der Waals surface area contributed by atoms with Gasteiger partial charge in [-0.3, -0.25) is 14.2 Å². The summed E-state index contributed by atoms with van der Waals surface area (Å²) in [4.78, 5) is 37.5. The molecule has 2 saturated heterocycles. The lowest BCUT2D eigenvalue weighted by atomic mass is 9.70. The summed E-state index contributed by atoms with van der Waals surface area (Å²) >= 11 is 0. The molecule has 10 heteroatoms. The number of hydrogen-bond acceptors (Lipinski definition) is 8. The van der Waals surface area contributed by atoms with E-state index >= 15 is 0 Å². The average Bonchev–Trinajstić information content (AvgIpc) is 2.88. The standard InChI is InChI=1S/C25H28N6O4/c1-16-2-4-18-23(28-16)31(21(33)13-26-18)11-10-25-8-6-24(7-9-25,15-35-25)27-12-17-3-5-19-22(29-17)30-20(32)14-34-19/h2-5,13,27H,6-12,14-15H2,1H3,(H,29,30,32). The maximum absolute atomic E-state index is 12.6. The van der Waals surface area contributed by atoms with E-state index in [9.17, 15) is 9.59 Å². The van der Waals surface area contributed by atoms with E-state index in [1.165, 1.54) is 6.20 Å². The van der Waals surface area contributed by atoms with Gasteiger partial charge in [-0.05, 0) is 63.3 Å². The Kier molecular flexibility index (Phi) is 5.30. The first-order valence-electron chi connectivity index (χ1n) is 12.1. The number of carbonyl (C=O) groups is 1. The average molecular weight is 477 g/mol. The first kappa shape index (κ1) is 22.1. The van der Waals surface area contributed by atoms with E-state index in [2.05, 4.69) is 25.6 Å². The summed E-state index contributed by atoms with van der Waals surface area (Å²) in [5, 5.41) is 6.43. The minimum atomic E-state index is -0.214. The Balaban J connectivity index is 1.10. The van der Waals surface area contributed by atoms with Crippen molar-refractivity contribution in [3.8, 4) is 5.75 Å². The van der Waals surface area contributed by atoms with Crippen molar-refractivity contribution in [3.63, 3.8) is 0 Å². The van der Waals surface area contributed by atoms with Crippen molar-refractivity contribution in [3.05, 3.63) is 52.2 Å². The van der Waals surface area contributed by atoms with Gasteiger partial charge >= 0.3 is 0 Å². The molecule has 4 aliphatic rings. The zero-order valence-electron chi connectivity index (χ0n) is 19.7. The minimum absolute atomic E-state index is 0.0245. The highest BCUT2D eigenvalue weighted by molar-refractivity contribution is 5.94. The van der Waals surface area contributed by atoms with Gasteiger partial charge in [-0.25, -0.2) is 15.0 Å². The van der Waals surface area contributed by atoms with Crippen LogP contribution in [-0.2, 0) is 22.6 Å². The van der Waals surface area contributed by atoms with E-state index in [1.807, 2.05) is 31.2 Å². The van der Waals surface area contributed by atoms with Gasteiger partial charge in [0.2, 0.25) is 0 Å². The van der Waals surface area contributed by atoms with Crippen LogP contribution in [-0.4, -0.2) is 49.8 Å². The van der Waals surface area contributed by atoms with Gasteiger partial charge in [0.25, 0.3) is 11.5 Å². The van der Waals surface area contributed by atoms with E-state index in [0.717, 1.165) is 49.0 Å². The molecule has 3 aromatic heterocycles. The summed E-state index contributed by atoms with van der Waals surface area (Å²) in [6.07, 6.45) is 6.02. The molecule has 2 bridgehead atoms. The smallest absolute Gasteiger partial charge is 0.270 e. The molecule has 182 valence electrons. The number of hydrogen-bond donors (Lipinski definition) is 2. The molecule has 7 rings (SSSR count). The Bertz CT molecular complexity index is 1350. The third-order valence-corrected chi connectivity index (χ3v) is 7.57. The SMILES string of the molecule is Cc1ccc2ncc(=O)n(CCC34CCC(NCc5ccc6c(n5)NC(=O)CO6)(CC3)CO4)c2n1. The second kappa shape index (κ2) is 8.39. The largest absolute Gasteiger partial charge is 0.480 e. The Labute approximate surface area is 202 Å². The van der Waals surface area contributed by atoms with Gasteiger partial charge in [0.05, 0.1) is 24.1 Å². The summed E-state index contributed by atoms with van der Waals surface area (Å²) in [5.74, 6) is 0.886. The third kappa shape index (κ3) is 4.17. The molecule has 35 heavy (non-hydrogen) atoms. The Morgan fingerprint density at radius 3 is 2.77 bits per heavy atom. The van der Waals surface area contributed by atoms with Crippen molar-refractivity contribution in [2.75, 3.05) is 18.5 Å². The fourth-order valence-electron chi connectivity index (χ4n) is 5.36. The number of ether oxygens (including phenoxy) is 2. The number of amides is 1. The Morgan fingerprint density at radius 2 is 1.97 bits per heavy atom. The zero-order chi connectivity index (χ0) is 24.0. The molecule has 1 saturated carbocycles. The zero-order valence-corrected chi connectivity index (χ0v) is 19.7. The lowest BCUT2D eigenvalue weighted by molar-refractivity contribution is -0.167. The number of pyridine rings is 2. The van der Waals surface area contributed by atoms with Crippen LogP contribution in [0.3, 0.4) is 0 Å². The molecule has 1 amide bonds. The normalized spacial score (nSPS) is 25.2. The molecule has 3 aromatic rings. The van der Waals surface area contributed by atoms with Crippen LogP contribution in [0.5, 0.6) is 5.75 Å². The summed E-state index contributed by atoms with van der Waals surface area (Å²) in [6, 6.07) is 7.58. The highest BCUT2D eigenvalue weighted by Gasteiger charge is 2.49. The second-order valence-electron chi connectivity index (χ2n) is 9.89. The second-order valence-corrected chi connectivity index (χ2v) is 9.89. The molecule has 3 fully saturated rings. The van der Waals surface area contributed by atoms with Gasteiger partial charge in [0, 0.05) is 24.3 Å². The van der Waals surface area contributed by atoms with E-state index < -0.39 is 0 Å². The first-order valence-corrected chi connectivity index (χ1v) is 12.1. The molecule has 1 aliphatic carbocycles. The summed E-state index contributed by atoms with van der Waals surface area (Å²) < 4.78 is 13.6. The molecule has 0 spiro atoms. The summed E-state index contributed by atoms with van der Waals surface area (Å²) in [6.45, 7) is 3.71. The van der Waals surface area contributed by atoms with Crippen LogP contribution in [0.2, 0.25) is 0 Å². The van der Waals surface area contributed by atoms with Crippen molar-refractivity contribution in [1.82, 2.24) is 24.8 Å². The van der Waals surface area contributed by atoms with E-state index in [0.29, 0.717) is 36.9 Å². The number of rotatable bonds is 6. The molecule has 0 radical (unpaired) electrons. The van der Waals surface area contributed by atoms with Crippen molar-refractivity contribution in [2.24, 2.45) is 0 Å². The van der Waals surface area contributed by atoms with E-state index in [4.69, 9.17) is 9.47 Å². The first-order chi connectivity index (χ1) is 16.9. The number of nitrogens with zero attached hydrogens (tertiary/aromatic N) is 4. The molecular formula is C25H28N6O4. The predicted molar refractivity (Wildman–Crippen MR) is 128 cm³/mol. The molecule has 0 unspecified atom stereocenters. The highest BCUT2D eigenvalue weighted by Crippen LogP contribution is 2.45.